The zero-order valence-electron chi connectivity index (χ0n) is 9.17. The molecule has 1 N–H and O–H groups in total. The summed E-state index contributed by atoms with van der Waals surface area (Å²) in [5.41, 5.74) is 0.205. The van der Waals surface area contributed by atoms with Crippen LogP contribution in [-0.4, -0.2) is 15.1 Å². The molecule has 0 spiro atoms. The third-order valence-electron chi connectivity index (χ3n) is 2.17. The summed E-state index contributed by atoms with van der Waals surface area (Å²) in [6.45, 7) is 0.605. The molecule has 18 heavy (non-hydrogen) atoms. The molecule has 0 unspecified atom stereocenters. The molecule has 8 heteroatoms. The maximum Gasteiger partial charge on any atom is 0.272 e. The highest BCUT2D eigenvalue weighted by molar-refractivity contribution is 5.35. The third kappa shape index (κ3) is 3.08. The van der Waals surface area contributed by atoms with Gasteiger partial charge in [0.15, 0.2) is 5.82 Å². The van der Waals surface area contributed by atoms with Gasteiger partial charge in [-0.1, -0.05) is 5.16 Å². The summed E-state index contributed by atoms with van der Waals surface area (Å²) in [6.07, 6.45) is 1.20. The third-order valence-corrected chi connectivity index (χ3v) is 2.17. The Morgan fingerprint density at radius 2 is 2.22 bits per heavy atom. The lowest BCUT2D eigenvalue weighted by atomic mass is 10.2. The van der Waals surface area contributed by atoms with Gasteiger partial charge in [-0.3, -0.25) is 10.1 Å². The highest BCUT2D eigenvalue weighted by Crippen LogP contribution is 2.16. The SMILES string of the molecule is O=[N+]([O-])c1cc(F)cc(CNCc2ncon2)c1. The molecular formula is C10H9FN4O3. The van der Waals surface area contributed by atoms with Crippen LogP contribution in [0.15, 0.2) is 29.1 Å². The fourth-order valence-corrected chi connectivity index (χ4v) is 1.43. The highest BCUT2D eigenvalue weighted by atomic mass is 19.1. The first-order valence-corrected chi connectivity index (χ1v) is 5.05. The molecule has 0 aliphatic heterocycles. The monoisotopic (exact) mass is 252 g/mol. The fraction of sp³-hybridized carbons (Fsp3) is 0.200. The van der Waals surface area contributed by atoms with E-state index >= 15 is 0 Å². The van der Waals surface area contributed by atoms with Crippen LogP contribution in [0.5, 0.6) is 0 Å². The van der Waals surface area contributed by atoms with Crippen molar-refractivity contribution in [1.82, 2.24) is 15.5 Å². The molecule has 0 saturated heterocycles. The van der Waals surface area contributed by atoms with Crippen molar-refractivity contribution in [3.05, 3.63) is 51.9 Å². The molecule has 2 rings (SSSR count). The van der Waals surface area contributed by atoms with Gasteiger partial charge in [-0.05, 0) is 11.6 Å². The van der Waals surface area contributed by atoms with E-state index in [0.29, 0.717) is 17.9 Å². The maximum absolute atomic E-state index is 13.1. The number of rotatable bonds is 5. The number of nitro groups is 1. The Balaban J connectivity index is 1.98. The first kappa shape index (κ1) is 12.1. The Morgan fingerprint density at radius 1 is 1.39 bits per heavy atom. The topological polar surface area (TPSA) is 94.1 Å². The second-order valence-corrected chi connectivity index (χ2v) is 3.53. The van der Waals surface area contributed by atoms with Gasteiger partial charge in [-0.2, -0.15) is 4.98 Å². The Hall–Kier alpha value is -2.35. The van der Waals surface area contributed by atoms with Crippen molar-refractivity contribution >= 4 is 5.69 Å². The van der Waals surface area contributed by atoms with Crippen molar-refractivity contribution in [2.75, 3.05) is 0 Å². The van der Waals surface area contributed by atoms with Gasteiger partial charge in [-0.25, -0.2) is 4.39 Å². The van der Waals surface area contributed by atoms with Crippen molar-refractivity contribution in [2.24, 2.45) is 0 Å². The van der Waals surface area contributed by atoms with Gasteiger partial charge in [0, 0.05) is 12.6 Å². The van der Waals surface area contributed by atoms with Crippen molar-refractivity contribution in [1.29, 1.82) is 0 Å². The Bertz CT molecular complexity index is 544. The van der Waals surface area contributed by atoms with Crippen LogP contribution in [0.4, 0.5) is 10.1 Å². The lowest BCUT2D eigenvalue weighted by molar-refractivity contribution is -0.385. The molecular weight excluding hydrogens is 243 g/mol. The molecule has 2 aromatic rings. The zero-order valence-corrected chi connectivity index (χ0v) is 9.17. The number of nitro benzene ring substituents is 1. The molecule has 7 nitrogen and oxygen atoms in total. The van der Waals surface area contributed by atoms with Gasteiger partial charge < -0.3 is 9.84 Å². The van der Waals surface area contributed by atoms with E-state index in [1.165, 1.54) is 18.5 Å². The maximum atomic E-state index is 13.1. The summed E-state index contributed by atoms with van der Waals surface area (Å²) < 4.78 is 17.7. The first-order valence-electron chi connectivity index (χ1n) is 5.05. The summed E-state index contributed by atoms with van der Waals surface area (Å²) in [7, 11) is 0. The molecule has 94 valence electrons. The number of hydrogen-bond acceptors (Lipinski definition) is 6. The number of aromatic nitrogens is 2. The van der Waals surface area contributed by atoms with E-state index in [4.69, 9.17) is 0 Å². The number of non-ortho nitro benzene ring substituents is 1. The van der Waals surface area contributed by atoms with Gasteiger partial charge >= 0.3 is 0 Å². The van der Waals surface area contributed by atoms with E-state index in [2.05, 4.69) is 20.0 Å². The quantitative estimate of drug-likeness (QED) is 0.638. The second kappa shape index (κ2) is 5.32. The lowest BCUT2D eigenvalue weighted by Gasteiger charge is -2.02. The van der Waals surface area contributed by atoms with Crippen LogP contribution in [-0.2, 0) is 13.1 Å². The van der Waals surface area contributed by atoms with Crippen molar-refractivity contribution < 1.29 is 13.8 Å². The Labute approximate surface area is 101 Å². The van der Waals surface area contributed by atoms with Crippen molar-refractivity contribution in [2.45, 2.75) is 13.1 Å². The summed E-state index contributed by atoms with van der Waals surface area (Å²) in [5, 5.41) is 17.1. The normalized spacial score (nSPS) is 10.5. The predicted molar refractivity (Wildman–Crippen MR) is 57.9 cm³/mol. The molecule has 0 fully saturated rings. The summed E-state index contributed by atoms with van der Waals surface area (Å²) in [4.78, 5) is 13.7. The van der Waals surface area contributed by atoms with Gasteiger partial charge in [0.1, 0.15) is 5.82 Å². The molecule has 0 bridgehead atoms. The molecule has 0 saturated carbocycles. The zero-order chi connectivity index (χ0) is 13.0. The molecule has 0 aliphatic rings. The van der Waals surface area contributed by atoms with Crippen LogP contribution in [0.3, 0.4) is 0 Å². The van der Waals surface area contributed by atoms with E-state index in [9.17, 15) is 14.5 Å². The summed E-state index contributed by atoms with van der Waals surface area (Å²) in [5.74, 6) is -0.179. The van der Waals surface area contributed by atoms with Crippen LogP contribution in [0, 0.1) is 15.9 Å². The van der Waals surface area contributed by atoms with Crippen LogP contribution in [0.2, 0.25) is 0 Å². The van der Waals surface area contributed by atoms with Gasteiger partial charge in [0.25, 0.3) is 5.69 Å². The number of halogens is 1. The van der Waals surface area contributed by atoms with Gasteiger partial charge in [-0.15, -0.1) is 0 Å². The Morgan fingerprint density at radius 3 is 2.89 bits per heavy atom. The number of nitrogens with zero attached hydrogens (tertiary/aromatic N) is 3. The number of benzene rings is 1. The van der Waals surface area contributed by atoms with Crippen LogP contribution in [0.25, 0.3) is 0 Å². The van der Waals surface area contributed by atoms with E-state index in [-0.39, 0.29) is 12.2 Å². The molecule has 1 aromatic heterocycles. The van der Waals surface area contributed by atoms with E-state index in [0.717, 1.165) is 6.07 Å². The average molecular weight is 252 g/mol. The van der Waals surface area contributed by atoms with Crippen LogP contribution >= 0.6 is 0 Å². The Kier molecular flexibility index (Phi) is 3.58. The van der Waals surface area contributed by atoms with Gasteiger partial charge in [0.05, 0.1) is 17.5 Å². The summed E-state index contributed by atoms with van der Waals surface area (Å²) in [6, 6.07) is 3.42. The minimum absolute atomic E-state index is 0.271. The summed E-state index contributed by atoms with van der Waals surface area (Å²) >= 11 is 0. The van der Waals surface area contributed by atoms with E-state index < -0.39 is 10.7 Å². The molecule has 0 amide bonds. The highest BCUT2D eigenvalue weighted by Gasteiger charge is 2.09. The molecule has 1 aromatic carbocycles. The largest absolute Gasteiger partial charge is 0.343 e. The average Bonchev–Trinajstić information content (AvgIpc) is 2.81. The molecule has 0 radical (unpaired) electrons. The predicted octanol–water partition coefficient (Wildman–Crippen LogP) is 1.41. The number of nitrogens with one attached hydrogen (secondary N) is 1. The standard InChI is InChI=1S/C10H9FN4O3/c11-8-1-7(2-9(3-8)15(16)17)4-12-5-10-13-6-18-14-10/h1-3,6,12H,4-5H2. The molecule has 1 heterocycles. The lowest BCUT2D eigenvalue weighted by Crippen LogP contribution is -2.14. The number of hydrogen-bond donors (Lipinski definition) is 1. The van der Waals surface area contributed by atoms with E-state index in [1.54, 1.807) is 0 Å². The molecule has 0 aliphatic carbocycles. The van der Waals surface area contributed by atoms with Crippen LogP contribution in [0.1, 0.15) is 11.4 Å². The van der Waals surface area contributed by atoms with Crippen molar-refractivity contribution in [3.63, 3.8) is 0 Å². The van der Waals surface area contributed by atoms with E-state index in [1.807, 2.05) is 0 Å². The second-order valence-electron chi connectivity index (χ2n) is 3.53. The van der Waals surface area contributed by atoms with Gasteiger partial charge in [0.2, 0.25) is 6.39 Å². The fourth-order valence-electron chi connectivity index (χ4n) is 1.43. The smallest absolute Gasteiger partial charge is 0.272 e. The van der Waals surface area contributed by atoms with Crippen LogP contribution < -0.4 is 5.32 Å². The molecule has 0 atom stereocenters. The minimum atomic E-state index is -0.638. The first-order chi connectivity index (χ1) is 8.65. The minimum Gasteiger partial charge on any atom is -0.343 e. The van der Waals surface area contributed by atoms with Crippen molar-refractivity contribution in [3.8, 4) is 0 Å².